The zero-order chi connectivity index (χ0) is 43.7. The smallest absolute Gasteiger partial charge is 0.220 e. The highest BCUT2D eigenvalue weighted by molar-refractivity contribution is 5.76. The number of amides is 1. The molecule has 0 aliphatic carbocycles. The molecular weight excluding hydrogens is 755 g/mol. The molecule has 1 rings (SSSR count). The number of unbranched alkanes of at least 4 members (excludes halogenated alkanes) is 25. The number of rotatable bonds is 41. The number of allylic oxidation sites excluding steroid dienone is 7. The predicted octanol–water partition coefficient (Wildman–Crippen LogP) is 11.0. The summed E-state index contributed by atoms with van der Waals surface area (Å²) in [6.45, 7) is 3.63. The third-order valence-corrected chi connectivity index (χ3v) is 11.6. The summed E-state index contributed by atoms with van der Waals surface area (Å²) >= 11 is 0. The van der Waals surface area contributed by atoms with Gasteiger partial charge in [-0.05, 0) is 64.2 Å². The zero-order valence-electron chi connectivity index (χ0n) is 38.5. The number of nitrogens with one attached hydrogen (secondary N) is 1. The number of hydrogen-bond acceptors (Lipinski definition) is 8. The van der Waals surface area contributed by atoms with Crippen LogP contribution in [0.25, 0.3) is 0 Å². The molecule has 0 radical (unpaired) electrons. The average molecular weight is 848 g/mol. The summed E-state index contributed by atoms with van der Waals surface area (Å²) in [6, 6.07) is -0.825. The Morgan fingerprint density at radius 3 is 1.48 bits per heavy atom. The van der Waals surface area contributed by atoms with Gasteiger partial charge in [-0.1, -0.05) is 191 Å². The first-order valence-corrected chi connectivity index (χ1v) is 24.9. The van der Waals surface area contributed by atoms with Crippen molar-refractivity contribution < 1.29 is 39.8 Å². The van der Waals surface area contributed by atoms with Crippen LogP contribution in [-0.2, 0) is 14.3 Å². The van der Waals surface area contributed by atoms with Crippen LogP contribution in [0.5, 0.6) is 0 Å². The summed E-state index contributed by atoms with van der Waals surface area (Å²) in [5.74, 6) is -0.193. The third-order valence-electron chi connectivity index (χ3n) is 11.6. The van der Waals surface area contributed by atoms with Gasteiger partial charge in [0.05, 0.1) is 25.4 Å². The number of carbonyl (C=O) groups is 1. The molecule has 60 heavy (non-hydrogen) atoms. The van der Waals surface area contributed by atoms with Crippen LogP contribution in [0.15, 0.2) is 48.6 Å². The fourth-order valence-electron chi connectivity index (χ4n) is 7.66. The number of ether oxygens (including phenoxy) is 2. The van der Waals surface area contributed by atoms with Crippen molar-refractivity contribution in [3.63, 3.8) is 0 Å². The maximum Gasteiger partial charge on any atom is 0.220 e. The highest BCUT2D eigenvalue weighted by Crippen LogP contribution is 2.23. The van der Waals surface area contributed by atoms with Crippen molar-refractivity contribution in [1.29, 1.82) is 0 Å². The molecule has 350 valence electrons. The molecule has 9 nitrogen and oxygen atoms in total. The molecule has 7 atom stereocenters. The van der Waals surface area contributed by atoms with Crippen molar-refractivity contribution in [2.45, 2.75) is 256 Å². The highest BCUT2D eigenvalue weighted by atomic mass is 16.7. The fraction of sp³-hybridized carbons (Fsp3) is 0.824. The molecule has 9 heteroatoms. The van der Waals surface area contributed by atoms with Crippen LogP contribution >= 0.6 is 0 Å². The highest BCUT2D eigenvalue weighted by Gasteiger charge is 2.44. The van der Waals surface area contributed by atoms with Crippen LogP contribution in [0.4, 0.5) is 0 Å². The standard InChI is InChI=1S/C51H93NO8/c1-3-5-7-9-11-13-15-16-17-18-19-20-21-22-23-24-25-26-27-28-29-30-31-33-35-37-39-41-47(55)52-44(43-59-51-50(58)49(57)48(56)46(42-53)60-51)45(54)40-38-36-34-32-14-12-10-8-6-4-2/h6,8,14,18-19,32,38,40,44-46,48-51,53-54,56-58H,3-5,7,9-13,15-17,20-31,33-37,39,41-43H2,1-2H3,(H,52,55)/b8-6+,19-18-,32-14+,40-38+. The Morgan fingerprint density at radius 2 is 1.00 bits per heavy atom. The first-order valence-electron chi connectivity index (χ1n) is 24.9. The van der Waals surface area contributed by atoms with Crippen molar-refractivity contribution >= 4 is 5.91 Å². The topological polar surface area (TPSA) is 149 Å². The van der Waals surface area contributed by atoms with E-state index in [0.29, 0.717) is 6.42 Å². The largest absolute Gasteiger partial charge is 0.394 e. The normalized spacial score (nSPS) is 20.9. The lowest BCUT2D eigenvalue weighted by molar-refractivity contribution is -0.302. The maximum absolute atomic E-state index is 12.9. The lowest BCUT2D eigenvalue weighted by Crippen LogP contribution is -2.60. The number of hydrogen-bond donors (Lipinski definition) is 6. The molecule has 1 aliphatic heterocycles. The molecule has 0 aromatic carbocycles. The number of aliphatic hydroxyl groups excluding tert-OH is 5. The van der Waals surface area contributed by atoms with Gasteiger partial charge >= 0.3 is 0 Å². The van der Waals surface area contributed by atoms with E-state index in [2.05, 4.69) is 55.6 Å². The summed E-state index contributed by atoms with van der Waals surface area (Å²) in [7, 11) is 0. The number of aliphatic hydroxyl groups is 5. The van der Waals surface area contributed by atoms with Gasteiger partial charge in [0.1, 0.15) is 24.4 Å². The SMILES string of the molecule is CC/C=C/CC/C=C/CC/C=C/C(O)C(COC1OC(CO)C(O)C(O)C1O)NC(=O)CCCCCCCCCCCCCCCCC/C=C\CCCCCCCCCC. The summed E-state index contributed by atoms with van der Waals surface area (Å²) in [6.07, 6.45) is 46.2. The Bertz CT molecular complexity index is 1080. The van der Waals surface area contributed by atoms with Gasteiger partial charge < -0.3 is 40.3 Å². The van der Waals surface area contributed by atoms with Crippen LogP contribution in [0, 0.1) is 0 Å². The first-order chi connectivity index (χ1) is 29.3. The molecule has 6 N–H and O–H groups in total. The summed E-state index contributed by atoms with van der Waals surface area (Å²) in [5.41, 5.74) is 0. The summed E-state index contributed by atoms with van der Waals surface area (Å²) in [5, 5.41) is 54.1. The second-order valence-electron chi connectivity index (χ2n) is 17.2. The van der Waals surface area contributed by atoms with Crippen LogP contribution in [-0.4, -0.2) is 87.5 Å². The summed E-state index contributed by atoms with van der Waals surface area (Å²) < 4.78 is 11.2. The van der Waals surface area contributed by atoms with Gasteiger partial charge in [-0.15, -0.1) is 0 Å². The molecular formula is C51H93NO8. The monoisotopic (exact) mass is 848 g/mol. The van der Waals surface area contributed by atoms with Gasteiger partial charge in [0.15, 0.2) is 6.29 Å². The molecule has 1 heterocycles. The molecule has 7 unspecified atom stereocenters. The minimum atomic E-state index is -1.57. The van der Waals surface area contributed by atoms with E-state index in [1.807, 2.05) is 6.08 Å². The van der Waals surface area contributed by atoms with Crippen LogP contribution in [0.2, 0.25) is 0 Å². The molecule has 1 saturated heterocycles. The minimum Gasteiger partial charge on any atom is -0.394 e. The van der Waals surface area contributed by atoms with Gasteiger partial charge in [-0.3, -0.25) is 4.79 Å². The minimum absolute atomic E-state index is 0.193. The molecule has 1 aliphatic rings. The van der Waals surface area contributed by atoms with Crippen molar-refractivity contribution in [3.8, 4) is 0 Å². The maximum atomic E-state index is 12.9. The third kappa shape index (κ3) is 31.1. The van der Waals surface area contributed by atoms with Crippen LogP contribution in [0.1, 0.15) is 213 Å². The Kier molecular flexibility index (Phi) is 38.5. The number of carbonyl (C=O) groups excluding carboxylic acids is 1. The zero-order valence-corrected chi connectivity index (χ0v) is 38.5. The van der Waals surface area contributed by atoms with Crippen LogP contribution < -0.4 is 5.32 Å². The second kappa shape index (κ2) is 41.2. The molecule has 0 aromatic rings. The van der Waals surface area contributed by atoms with Gasteiger partial charge in [0.2, 0.25) is 5.91 Å². The lowest BCUT2D eigenvalue weighted by atomic mass is 9.99. The van der Waals surface area contributed by atoms with E-state index in [4.69, 9.17) is 9.47 Å². The van der Waals surface area contributed by atoms with Crippen molar-refractivity contribution in [2.75, 3.05) is 13.2 Å². The van der Waals surface area contributed by atoms with Gasteiger partial charge in [0, 0.05) is 6.42 Å². The Labute approximate surface area is 367 Å². The predicted molar refractivity (Wildman–Crippen MR) is 249 cm³/mol. The quantitative estimate of drug-likeness (QED) is 0.0263. The van der Waals surface area contributed by atoms with Crippen molar-refractivity contribution in [3.05, 3.63) is 48.6 Å². The Morgan fingerprint density at radius 1 is 0.567 bits per heavy atom. The molecule has 0 bridgehead atoms. The van der Waals surface area contributed by atoms with Gasteiger partial charge in [-0.25, -0.2) is 0 Å². The van der Waals surface area contributed by atoms with E-state index >= 15 is 0 Å². The average Bonchev–Trinajstić information content (AvgIpc) is 3.25. The van der Waals surface area contributed by atoms with Gasteiger partial charge in [-0.2, -0.15) is 0 Å². The van der Waals surface area contributed by atoms with Crippen molar-refractivity contribution in [2.24, 2.45) is 0 Å². The Balaban J connectivity index is 2.18. The lowest BCUT2D eigenvalue weighted by Gasteiger charge is -2.40. The fourth-order valence-corrected chi connectivity index (χ4v) is 7.66. The van der Waals surface area contributed by atoms with Crippen molar-refractivity contribution in [1.82, 2.24) is 5.32 Å². The van der Waals surface area contributed by atoms with E-state index in [1.54, 1.807) is 6.08 Å². The van der Waals surface area contributed by atoms with E-state index in [1.165, 1.54) is 141 Å². The molecule has 0 saturated carbocycles. The van der Waals surface area contributed by atoms with E-state index < -0.39 is 49.5 Å². The van der Waals surface area contributed by atoms with E-state index in [-0.39, 0.29) is 12.5 Å². The molecule has 0 aromatic heterocycles. The van der Waals surface area contributed by atoms with E-state index in [9.17, 15) is 30.3 Å². The molecule has 1 fully saturated rings. The molecule has 0 spiro atoms. The van der Waals surface area contributed by atoms with Gasteiger partial charge in [0.25, 0.3) is 0 Å². The first kappa shape index (κ1) is 56.2. The molecule has 1 amide bonds. The summed E-state index contributed by atoms with van der Waals surface area (Å²) in [4.78, 5) is 12.9. The second-order valence-corrected chi connectivity index (χ2v) is 17.2. The van der Waals surface area contributed by atoms with E-state index in [0.717, 1.165) is 51.4 Å². The van der Waals surface area contributed by atoms with Crippen LogP contribution in [0.3, 0.4) is 0 Å². The Hall–Kier alpha value is -1.85.